The first-order valence-corrected chi connectivity index (χ1v) is 4.24. The Balaban J connectivity index is 3.65. The third-order valence-electron chi connectivity index (χ3n) is 0.530. The van der Waals surface area contributed by atoms with Gasteiger partial charge in [0.15, 0.2) is 11.1 Å². The van der Waals surface area contributed by atoms with E-state index < -0.39 is 11.1 Å². The molecule has 0 heterocycles. The largest absolute Gasteiger partial charge is 0.302 e. The molecule has 0 aromatic heterocycles. The Morgan fingerprint density at radius 1 is 1.89 bits per heavy atom. The van der Waals surface area contributed by atoms with E-state index in [0.29, 0.717) is 0 Å². The summed E-state index contributed by atoms with van der Waals surface area (Å²) < 4.78 is 18.8. The molecule has 4 heteroatoms. The fourth-order valence-corrected chi connectivity index (χ4v) is 0.969. The van der Waals surface area contributed by atoms with Gasteiger partial charge in [-0.2, -0.15) is 0 Å². The molecule has 1 N–H and O–H groups in total. The van der Waals surface area contributed by atoms with Crippen molar-refractivity contribution in [2.75, 3.05) is 0 Å². The molecule has 0 aliphatic carbocycles. The van der Waals surface area contributed by atoms with Crippen LogP contribution in [-0.2, 0) is 11.1 Å². The van der Waals surface area contributed by atoms with Crippen molar-refractivity contribution >= 4 is 22.8 Å². The number of hydrogen-bond donors (Lipinski definition) is 1. The third-order valence-corrected chi connectivity index (χ3v) is 2.31. The Labute approximate surface area is 61.3 Å². The summed E-state index contributed by atoms with van der Waals surface area (Å²) in [4.78, 5) is 0. The van der Waals surface area contributed by atoms with Gasteiger partial charge < -0.3 is 4.55 Å². The monoisotopic (exact) mass is 164 g/mol. The van der Waals surface area contributed by atoms with E-state index in [1.54, 1.807) is 11.5 Å². The van der Waals surface area contributed by atoms with E-state index in [1.165, 1.54) is 0 Å². The second-order valence-corrected chi connectivity index (χ2v) is 3.46. The molecule has 0 aromatic carbocycles. The zero-order chi connectivity index (χ0) is 7.28. The van der Waals surface area contributed by atoms with Crippen LogP contribution in [0.15, 0.2) is 22.3 Å². The molecule has 2 nitrogen and oxygen atoms in total. The molecule has 0 saturated carbocycles. The first kappa shape index (κ1) is 8.94. The number of hydrogen-bond acceptors (Lipinski definition) is 2. The maximum atomic E-state index is 10.2. The Morgan fingerprint density at radius 3 is 2.78 bits per heavy atom. The summed E-state index contributed by atoms with van der Waals surface area (Å²) in [7, 11) is 0. The fourth-order valence-electron chi connectivity index (χ4n) is 0.185. The second kappa shape index (κ2) is 4.78. The number of allylic oxidation sites excluding steroid dienone is 1. The maximum Gasteiger partial charge on any atom is 0.192 e. The Morgan fingerprint density at radius 2 is 2.44 bits per heavy atom. The van der Waals surface area contributed by atoms with Gasteiger partial charge in [-0.3, -0.25) is 0 Å². The Hall–Kier alpha value is -0.0600. The van der Waals surface area contributed by atoms with Gasteiger partial charge in [0.2, 0.25) is 0 Å². The highest BCUT2D eigenvalue weighted by atomic mass is 32.2. The summed E-state index contributed by atoms with van der Waals surface area (Å²) in [5, 5.41) is 1.70. The van der Waals surface area contributed by atoms with Gasteiger partial charge in [0, 0.05) is 0 Å². The zero-order valence-corrected chi connectivity index (χ0v) is 6.67. The average molecular weight is 164 g/mol. The summed E-state index contributed by atoms with van der Waals surface area (Å²) >= 11 is -0.735. The summed E-state index contributed by atoms with van der Waals surface area (Å²) in [6.07, 6.45) is 1.78. The molecule has 0 radical (unpaired) electrons. The van der Waals surface area contributed by atoms with Gasteiger partial charge in [-0.1, -0.05) is 24.4 Å². The molecule has 0 aromatic rings. The fraction of sp³-hybridized carbons (Fsp3) is 0.200. The smallest absolute Gasteiger partial charge is 0.192 e. The molecule has 0 aliphatic heterocycles. The molecule has 0 aliphatic rings. The highest BCUT2D eigenvalue weighted by molar-refractivity contribution is 8.16. The van der Waals surface area contributed by atoms with Crippen molar-refractivity contribution in [1.82, 2.24) is 0 Å². The number of thioether (sulfide) groups is 1. The maximum absolute atomic E-state index is 10.2. The minimum atomic E-state index is -1.89. The van der Waals surface area contributed by atoms with Gasteiger partial charge in [0.05, 0.1) is 4.24 Å². The van der Waals surface area contributed by atoms with Crippen LogP contribution in [0.4, 0.5) is 0 Å². The molecule has 0 rings (SSSR count). The summed E-state index contributed by atoms with van der Waals surface area (Å²) in [6.45, 7) is 5.19. The molecule has 52 valence electrons. The van der Waals surface area contributed by atoms with E-state index in [0.717, 1.165) is 11.8 Å². The molecule has 9 heavy (non-hydrogen) atoms. The van der Waals surface area contributed by atoms with Gasteiger partial charge in [0.1, 0.15) is 0 Å². The van der Waals surface area contributed by atoms with Crippen molar-refractivity contribution in [2.45, 2.75) is 6.92 Å². The lowest BCUT2D eigenvalue weighted by molar-refractivity contribution is 0.573. The number of rotatable bonds is 3. The molecule has 0 saturated heterocycles. The van der Waals surface area contributed by atoms with Crippen molar-refractivity contribution in [3.05, 3.63) is 22.3 Å². The first-order chi connectivity index (χ1) is 4.18. The quantitative estimate of drug-likeness (QED) is 0.648. The second-order valence-electron chi connectivity index (χ2n) is 1.21. The molecule has 0 fully saturated rings. The first-order valence-electron chi connectivity index (χ1n) is 2.26. The lowest BCUT2D eigenvalue weighted by Gasteiger charge is -1.90. The molecule has 1 unspecified atom stereocenters. The molecule has 0 bridgehead atoms. The van der Waals surface area contributed by atoms with E-state index in [-0.39, 0.29) is 4.24 Å². The Kier molecular flexibility index (Phi) is 4.75. The SMILES string of the molecule is C=C(S/C=C\C)S(=O)O. The normalized spacial score (nSPS) is 14.0. The van der Waals surface area contributed by atoms with Crippen molar-refractivity contribution in [3.8, 4) is 0 Å². The van der Waals surface area contributed by atoms with Crippen molar-refractivity contribution in [3.63, 3.8) is 0 Å². The van der Waals surface area contributed by atoms with E-state index >= 15 is 0 Å². The molecular weight excluding hydrogens is 156 g/mol. The van der Waals surface area contributed by atoms with Crippen LogP contribution in [0.2, 0.25) is 0 Å². The van der Waals surface area contributed by atoms with E-state index in [2.05, 4.69) is 6.58 Å². The highest BCUT2D eigenvalue weighted by Crippen LogP contribution is 2.16. The summed E-state index contributed by atoms with van der Waals surface area (Å²) in [6, 6.07) is 0. The van der Waals surface area contributed by atoms with Crippen LogP contribution >= 0.6 is 11.8 Å². The van der Waals surface area contributed by atoms with E-state index in [1.807, 2.05) is 6.92 Å². The predicted molar refractivity (Wildman–Crippen MR) is 42.3 cm³/mol. The summed E-state index contributed by atoms with van der Waals surface area (Å²) in [5.41, 5.74) is 0. The van der Waals surface area contributed by atoms with Crippen molar-refractivity contribution in [2.24, 2.45) is 0 Å². The molecule has 0 amide bonds. The third kappa shape index (κ3) is 4.44. The van der Waals surface area contributed by atoms with Crippen LogP contribution in [0.5, 0.6) is 0 Å². The van der Waals surface area contributed by atoms with E-state index in [9.17, 15) is 4.21 Å². The minimum absolute atomic E-state index is 0.258. The lowest BCUT2D eigenvalue weighted by Crippen LogP contribution is -1.83. The Bertz CT molecular complexity index is 151. The van der Waals surface area contributed by atoms with Crippen molar-refractivity contribution in [1.29, 1.82) is 0 Å². The summed E-state index contributed by atoms with van der Waals surface area (Å²) in [5.74, 6) is 0. The van der Waals surface area contributed by atoms with Crippen LogP contribution in [0.1, 0.15) is 6.92 Å². The van der Waals surface area contributed by atoms with Gasteiger partial charge in [0.25, 0.3) is 0 Å². The van der Waals surface area contributed by atoms with Crippen LogP contribution in [0.25, 0.3) is 0 Å². The van der Waals surface area contributed by atoms with Crippen molar-refractivity contribution < 1.29 is 8.76 Å². The highest BCUT2D eigenvalue weighted by Gasteiger charge is 1.96. The van der Waals surface area contributed by atoms with Crippen LogP contribution in [-0.4, -0.2) is 8.76 Å². The topological polar surface area (TPSA) is 37.3 Å². The molecule has 0 spiro atoms. The standard InChI is InChI=1S/C5H8O2S2/c1-3-4-8-5(2)9(6)7/h3-4H,2H2,1H3,(H,6,7)/b4-3-. The molecular formula is C5H8O2S2. The van der Waals surface area contributed by atoms with Gasteiger partial charge >= 0.3 is 0 Å². The predicted octanol–water partition coefficient (Wildman–Crippen LogP) is 1.95. The van der Waals surface area contributed by atoms with E-state index in [4.69, 9.17) is 4.55 Å². The zero-order valence-electron chi connectivity index (χ0n) is 5.03. The van der Waals surface area contributed by atoms with Crippen LogP contribution < -0.4 is 0 Å². The van der Waals surface area contributed by atoms with Gasteiger partial charge in [-0.25, -0.2) is 4.21 Å². The average Bonchev–Trinajstić information content (AvgIpc) is 1.82. The molecule has 1 atom stereocenters. The van der Waals surface area contributed by atoms with Gasteiger partial charge in [-0.15, -0.1) is 0 Å². The van der Waals surface area contributed by atoms with Crippen LogP contribution in [0, 0.1) is 0 Å². The minimum Gasteiger partial charge on any atom is -0.302 e. The van der Waals surface area contributed by atoms with Gasteiger partial charge in [-0.05, 0) is 12.3 Å². The lowest BCUT2D eigenvalue weighted by atomic mass is 10.8. The van der Waals surface area contributed by atoms with Crippen LogP contribution in [0.3, 0.4) is 0 Å².